The summed E-state index contributed by atoms with van der Waals surface area (Å²) in [6.45, 7) is 13.7. The third-order valence-corrected chi connectivity index (χ3v) is 16.3. The fourth-order valence-electron chi connectivity index (χ4n) is 7.54. The predicted octanol–water partition coefficient (Wildman–Crippen LogP) is 6.84. The molecule has 7 heteroatoms. The van der Waals surface area contributed by atoms with Crippen LogP contribution in [0.3, 0.4) is 0 Å². The molecular formula is C28H42O5SSi. The number of rotatable bonds is 4. The van der Waals surface area contributed by atoms with Gasteiger partial charge in [0.05, 0.1) is 22.2 Å². The molecule has 4 aliphatic rings. The summed E-state index contributed by atoms with van der Waals surface area (Å²) in [4.78, 5) is 13.7. The molecule has 0 amide bonds. The Kier molecular flexibility index (Phi) is 6.33. The Morgan fingerprint density at radius 3 is 2.49 bits per heavy atom. The van der Waals surface area contributed by atoms with Crippen LogP contribution in [-0.2, 0) is 24.7 Å². The molecule has 0 N–H and O–H groups in total. The molecule has 4 fully saturated rings. The van der Waals surface area contributed by atoms with Crippen molar-refractivity contribution in [2.45, 2.75) is 119 Å². The molecule has 1 heterocycles. The average Bonchev–Trinajstić information content (AvgIpc) is 3.15. The van der Waals surface area contributed by atoms with E-state index in [9.17, 15) is 9.00 Å². The maximum Gasteiger partial charge on any atom is 0.509 e. The van der Waals surface area contributed by atoms with Crippen molar-refractivity contribution in [2.24, 2.45) is 17.3 Å². The van der Waals surface area contributed by atoms with Gasteiger partial charge in [-0.2, -0.15) is 0 Å². The van der Waals surface area contributed by atoms with Gasteiger partial charge in [-0.25, -0.2) is 4.79 Å². The minimum Gasteiger partial charge on any atom is -0.426 e. The van der Waals surface area contributed by atoms with Gasteiger partial charge in [0.2, 0.25) is 0 Å². The Morgan fingerprint density at radius 2 is 1.80 bits per heavy atom. The van der Waals surface area contributed by atoms with Crippen molar-refractivity contribution in [3.05, 3.63) is 30.3 Å². The Labute approximate surface area is 214 Å². The molecule has 1 aliphatic heterocycles. The average molecular weight is 519 g/mol. The van der Waals surface area contributed by atoms with Crippen LogP contribution in [0.1, 0.15) is 72.6 Å². The van der Waals surface area contributed by atoms with Gasteiger partial charge >= 0.3 is 6.16 Å². The zero-order valence-electron chi connectivity index (χ0n) is 22.2. The van der Waals surface area contributed by atoms with E-state index < -0.39 is 30.9 Å². The highest BCUT2D eigenvalue weighted by Crippen LogP contribution is 2.67. The second kappa shape index (κ2) is 8.69. The third-order valence-electron chi connectivity index (χ3n) is 10.0. The van der Waals surface area contributed by atoms with Gasteiger partial charge in [0.25, 0.3) is 0 Å². The number of hydrogen-bond acceptors (Lipinski definition) is 5. The molecule has 3 aliphatic carbocycles. The maximum atomic E-state index is 14.3. The van der Waals surface area contributed by atoms with Crippen molar-refractivity contribution < 1.29 is 22.9 Å². The number of ether oxygens (including phenoxy) is 2. The molecule has 5 rings (SSSR count). The highest BCUT2D eigenvalue weighted by atomic mass is 32.2. The van der Waals surface area contributed by atoms with Crippen molar-refractivity contribution in [1.29, 1.82) is 0 Å². The quantitative estimate of drug-likeness (QED) is 0.323. The molecule has 35 heavy (non-hydrogen) atoms. The molecule has 1 aromatic carbocycles. The van der Waals surface area contributed by atoms with E-state index in [0.29, 0.717) is 5.92 Å². The normalized spacial score (nSPS) is 40.1. The van der Waals surface area contributed by atoms with Gasteiger partial charge in [0.15, 0.2) is 13.9 Å². The van der Waals surface area contributed by atoms with Crippen LogP contribution in [0, 0.1) is 17.3 Å². The van der Waals surface area contributed by atoms with Crippen LogP contribution in [-0.4, -0.2) is 41.7 Å². The first kappa shape index (κ1) is 25.5. The summed E-state index contributed by atoms with van der Waals surface area (Å²) < 4.78 is 34.1. The van der Waals surface area contributed by atoms with Crippen LogP contribution < -0.4 is 0 Å². The van der Waals surface area contributed by atoms with Gasteiger partial charge in [-0.3, -0.25) is 4.21 Å². The number of carbonyl (C=O) groups is 1. The second-order valence-corrected chi connectivity index (χ2v) is 19.4. The summed E-state index contributed by atoms with van der Waals surface area (Å²) in [5.74, 6) is 0.519. The summed E-state index contributed by atoms with van der Waals surface area (Å²) in [5, 5.41) is -0.231. The molecule has 1 aromatic rings. The van der Waals surface area contributed by atoms with Crippen LogP contribution in [0.5, 0.6) is 0 Å². The third kappa shape index (κ3) is 3.78. The minimum absolute atomic E-state index is 0.00869. The molecular weight excluding hydrogens is 476 g/mol. The fraction of sp³-hybridized carbons (Fsp3) is 0.750. The van der Waals surface area contributed by atoms with Crippen molar-refractivity contribution >= 4 is 25.3 Å². The highest BCUT2D eigenvalue weighted by Gasteiger charge is 2.78. The first-order valence-corrected chi connectivity index (χ1v) is 17.6. The number of hydrogen-bond donors (Lipinski definition) is 0. The number of benzene rings is 1. The lowest BCUT2D eigenvalue weighted by Crippen LogP contribution is -2.64. The molecule has 2 spiro atoms. The summed E-state index contributed by atoms with van der Waals surface area (Å²) in [6.07, 6.45) is 5.92. The molecule has 5 nitrogen and oxygen atoms in total. The van der Waals surface area contributed by atoms with Crippen molar-refractivity contribution in [2.75, 3.05) is 0 Å². The van der Waals surface area contributed by atoms with Crippen molar-refractivity contribution in [1.82, 2.24) is 0 Å². The Balaban J connectivity index is 1.70. The van der Waals surface area contributed by atoms with E-state index in [1.54, 1.807) is 0 Å². The van der Waals surface area contributed by atoms with Gasteiger partial charge in [-0.1, -0.05) is 58.7 Å². The fourth-order valence-corrected chi connectivity index (χ4v) is 10.8. The van der Waals surface area contributed by atoms with E-state index in [4.69, 9.17) is 13.9 Å². The van der Waals surface area contributed by atoms with Crippen LogP contribution in [0.25, 0.3) is 0 Å². The SMILES string of the molecule is C[C@@H]1CC23CCCCC(CC[C@H](S(=O)c4ccccc4)[C@@]24OC(=O)O[C@@H]14)C3O[Si](C)(C)C(C)(C)C. The largest absolute Gasteiger partial charge is 0.509 e. The van der Waals surface area contributed by atoms with E-state index in [2.05, 4.69) is 40.8 Å². The molecule has 0 radical (unpaired) electrons. The summed E-state index contributed by atoms with van der Waals surface area (Å²) in [5.41, 5.74) is -1.30. The maximum absolute atomic E-state index is 14.3. The van der Waals surface area contributed by atoms with Crippen LogP contribution in [0.4, 0.5) is 4.79 Å². The van der Waals surface area contributed by atoms with Gasteiger partial charge in [-0.05, 0) is 74.2 Å². The molecule has 194 valence electrons. The van der Waals surface area contributed by atoms with E-state index in [0.717, 1.165) is 43.4 Å². The topological polar surface area (TPSA) is 61.8 Å². The van der Waals surface area contributed by atoms with Gasteiger partial charge < -0.3 is 13.9 Å². The molecule has 2 bridgehead atoms. The molecule has 4 unspecified atom stereocenters. The van der Waals surface area contributed by atoms with Crippen molar-refractivity contribution in [3.8, 4) is 0 Å². The molecule has 0 aromatic heterocycles. The van der Waals surface area contributed by atoms with E-state index in [1.165, 1.54) is 6.42 Å². The van der Waals surface area contributed by atoms with Gasteiger partial charge in [0, 0.05) is 10.3 Å². The predicted molar refractivity (Wildman–Crippen MR) is 140 cm³/mol. The first-order chi connectivity index (χ1) is 16.4. The number of fused-ring (bicyclic) bond motifs is 1. The molecule has 3 saturated carbocycles. The zero-order valence-corrected chi connectivity index (χ0v) is 24.0. The summed E-state index contributed by atoms with van der Waals surface area (Å²) >= 11 is 0. The van der Waals surface area contributed by atoms with Gasteiger partial charge in [0.1, 0.15) is 6.10 Å². The van der Waals surface area contributed by atoms with E-state index in [1.807, 2.05) is 30.3 Å². The van der Waals surface area contributed by atoms with Crippen molar-refractivity contribution in [3.63, 3.8) is 0 Å². The molecule has 1 saturated heterocycles. The Morgan fingerprint density at radius 1 is 1.09 bits per heavy atom. The minimum atomic E-state index is -2.12. The Bertz CT molecular complexity index is 991. The number of carbonyl (C=O) groups excluding carboxylic acids is 1. The smallest absolute Gasteiger partial charge is 0.426 e. The zero-order chi connectivity index (χ0) is 25.2. The first-order valence-electron chi connectivity index (χ1n) is 13.5. The highest BCUT2D eigenvalue weighted by molar-refractivity contribution is 7.85. The molecule has 8 atom stereocenters. The van der Waals surface area contributed by atoms with E-state index >= 15 is 0 Å². The lowest BCUT2D eigenvalue weighted by atomic mass is 9.65. The monoisotopic (exact) mass is 518 g/mol. The van der Waals surface area contributed by atoms with Gasteiger partial charge in [-0.15, -0.1) is 0 Å². The standard InChI is InChI=1S/C28H42O5SSi/c1-19-18-27-17-11-10-12-20(24(27)33-35(5,6)26(2,3)4)15-16-22(28(27)23(19)31-25(29)32-28)34(30)21-13-8-7-9-14-21/h7-9,13-14,19-20,22-24H,10-12,15-18H2,1-6H3/t19-,20?,22+,23+,24?,27?,28+,34?/m1/s1. The van der Waals surface area contributed by atoms with E-state index in [-0.39, 0.29) is 33.8 Å². The lowest BCUT2D eigenvalue weighted by molar-refractivity contribution is -0.120. The van der Waals surface area contributed by atoms with Crippen LogP contribution in [0.2, 0.25) is 18.1 Å². The summed E-state index contributed by atoms with van der Waals surface area (Å²) in [7, 11) is -3.44. The second-order valence-electron chi connectivity index (χ2n) is 13.0. The van der Waals surface area contributed by atoms with Crippen LogP contribution in [0.15, 0.2) is 35.2 Å². The lowest BCUT2D eigenvalue weighted by Gasteiger charge is -2.52. The summed E-state index contributed by atoms with van der Waals surface area (Å²) in [6, 6.07) is 9.72. The van der Waals surface area contributed by atoms with Crippen LogP contribution >= 0.6 is 0 Å². The Hall–Kier alpha value is -1.18.